The van der Waals surface area contributed by atoms with Crippen LogP contribution in [-0.2, 0) is 6.42 Å². The molecular formula is C14H24N2O. The zero-order valence-electron chi connectivity index (χ0n) is 11.0. The molecule has 0 aliphatic carbocycles. The Morgan fingerprint density at radius 3 is 2.94 bits per heavy atom. The molecule has 0 amide bonds. The molecule has 0 bridgehead atoms. The molecule has 2 unspecified atom stereocenters. The van der Waals surface area contributed by atoms with Gasteiger partial charge in [0.2, 0.25) is 0 Å². The zero-order valence-corrected chi connectivity index (χ0v) is 11.0. The molecule has 3 nitrogen and oxygen atoms in total. The highest BCUT2D eigenvalue weighted by Crippen LogP contribution is 2.13. The minimum atomic E-state index is 0.661. The number of piperazine rings is 1. The van der Waals surface area contributed by atoms with Crippen molar-refractivity contribution in [3.8, 4) is 0 Å². The van der Waals surface area contributed by atoms with Crippen molar-refractivity contribution in [2.24, 2.45) is 0 Å². The monoisotopic (exact) mass is 236 g/mol. The maximum Gasteiger partial charge on any atom is 0.105 e. The Morgan fingerprint density at radius 1 is 1.41 bits per heavy atom. The summed E-state index contributed by atoms with van der Waals surface area (Å²) in [5.74, 6) is 1.10. The molecule has 2 atom stereocenters. The zero-order chi connectivity index (χ0) is 12.1. The SMILES string of the molecule is CCC1CN(CCc2ccco2)C(CC)CN1. The summed E-state index contributed by atoms with van der Waals surface area (Å²) in [7, 11) is 0. The van der Waals surface area contributed by atoms with Gasteiger partial charge in [-0.15, -0.1) is 0 Å². The Balaban J connectivity index is 1.86. The van der Waals surface area contributed by atoms with E-state index >= 15 is 0 Å². The minimum Gasteiger partial charge on any atom is -0.469 e. The molecule has 0 aromatic carbocycles. The highest BCUT2D eigenvalue weighted by Gasteiger charge is 2.25. The minimum absolute atomic E-state index is 0.661. The van der Waals surface area contributed by atoms with E-state index in [1.807, 2.05) is 6.07 Å². The van der Waals surface area contributed by atoms with Gasteiger partial charge < -0.3 is 9.73 Å². The first kappa shape index (κ1) is 12.7. The maximum absolute atomic E-state index is 5.40. The Labute approximate surface area is 104 Å². The van der Waals surface area contributed by atoms with Crippen molar-refractivity contribution in [1.29, 1.82) is 0 Å². The predicted molar refractivity (Wildman–Crippen MR) is 70.1 cm³/mol. The number of rotatable bonds is 5. The lowest BCUT2D eigenvalue weighted by molar-refractivity contribution is 0.124. The fourth-order valence-corrected chi connectivity index (χ4v) is 2.59. The summed E-state index contributed by atoms with van der Waals surface area (Å²) in [5, 5.41) is 3.63. The van der Waals surface area contributed by atoms with Crippen LogP contribution in [0.3, 0.4) is 0 Å². The standard InChI is InChI=1S/C14H24N2O/c1-3-12-11-16(13(4-2)10-15-12)8-7-14-6-5-9-17-14/h5-6,9,12-13,15H,3-4,7-8,10-11H2,1-2H3. The number of hydrogen-bond donors (Lipinski definition) is 1. The van der Waals surface area contributed by atoms with Crippen molar-refractivity contribution in [1.82, 2.24) is 10.2 Å². The van der Waals surface area contributed by atoms with E-state index in [1.165, 1.54) is 19.4 Å². The molecule has 3 heteroatoms. The summed E-state index contributed by atoms with van der Waals surface area (Å²) in [4.78, 5) is 2.62. The molecule has 0 spiro atoms. The topological polar surface area (TPSA) is 28.4 Å². The van der Waals surface area contributed by atoms with Gasteiger partial charge in [-0.2, -0.15) is 0 Å². The van der Waals surface area contributed by atoms with Crippen LogP contribution < -0.4 is 5.32 Å². The molecule has 0 saturated carbocycles. The van der Waals surface area contributed by atoms with Crippen LogP contribution in [0.1, 0.15) is 32.4 Å². The van der Waals surface area contributed by atoms with Crippen LogP contribution in [0.15, 0.2) is 22.8 Å². The normalized spacial score (nSPS) is 26.2. The second-order valence-corrected chi connectivity index (χ2v) is 4.90. The van der Waals surface area contributed by atoms with Gasteiger partial charge >= 0.3 is 0 Å². The molecule has 1 aromatic rings. The number of hydrogen-bond acceptors (Lipinski definition) is 3. The lowest BCUT2D eigenvalue weighted by Crippen LogP contribution is -2.56. The van der Waals surface area contributed by atoms with Crippen molar-refractivity contribution in [2.45, 2.75) is 45.2 Å². The van der Waals surface area contributed by atoms with E-state index < -0.39 is 0 Å². The summed E-state index contributed by atoms with van der Waals surface area (Å²) in [5.41, 5.74) is 0. The van der Waals surface area contributed by atoms with Crippen molar-refractivity contribution in [3.63, 3.8) is 0 Å². The molecule has 96 valence electrons. The van der Waals surface area contributed by atoms with Gasteiger partial charge in [0.25, 0.3) is 0 Å². The smallest absolute Gasteiger partial charge is 0.105 e. The van der Waals surface area contributed by atoms with E-state index in [4.69, 9.17) is 4.42 Å². The van der Waals surface area contributed by atoms with Crippen LogP contribution in [0.5, 0.6) is 0 Å². The molecule has 1 aromatic heterocycles. The molecule has 1 saturated heterocycles. The third-order valence-electron chi connectivity index (χ3n) is 3.80. The number of nitrogens with one attached hydrogen (secondary N) is 1. The second kappa shape index (κ2) is 6.22. The van der Waals surface area contributed by atoms with Gasteiger partial charge in [0.15, 0.2) is 0 Å². The van der Waals surface area contributed by atoms with E-state index in [0.29, 0.717) is 12.1 Å². The van der Waals surface area contributed by atoms with Crippen molar-refractivity contribution in [3.05, 3.63) is 24.2 Å². The summed E-state index contributed by atoms with van der Waals surface area (Å²) < 4.78 is 5.40. The molecule has 1 aliphatic heterocycles. The Kier molecular flexibility index (Phi) is 4.63. The molecule has 1 aliphatic rings. The Bertz CT molecular complexity index is 310. The molecular weight excluding hydrogens is 212 g/mol. The summed E-state index contributed by atoms with van der Waals surface area (Å²) >= 11 is 0. The van der Waals surface area contributed by atoms with Crippen molar-refractivity contribution < 1.29 is 4.42 Å². The number of furan rings is 1. The van der Waals surface area contributed by atoms with Crippen LogP contribution in [0, 0.1) is 0 Å². The van der Waals surface area contributed by atoms with E-state index in [2.05, 4.69) is 30.1 Å². The van der Waals surface area contributed by atoms with E-state index in [9.17, 15) is 0 Å². The fourth-order valence-electron chi connectivity index (χ4n) is 2.59. The average molecular weight is 236 g/mol. The summed E-state index contributed by atoms with van der Waals surface area (Å²) in [6, 6.07) is 5.39. The van der Waals surface area contributed by atoms with Crippen LogP contribution in [0.4, 0.5) is 0 Å². The first-order valence-electron chi connectivity index (χ1n) is 6.83. The van der Waals surface area contributed by atoms with Gasteiger partial charge in [-0.3, -0.25) is 4.90 Å². The largest absolute Gasteiger partial charge is 0.469 e. The highest BCUT2D eigenvalue weighted by molar-refractivity contribution is 4.99. The highest BCUT2D eigenvalue weighted by atomic mass is 16.3. The van der Waals surface area contributed by atoms with Crippen LogP contribution in [0.25, 0.3) is 0 Å². The van der Waals surface area contributed by atoms with Gasteiger partial charge in [-0.1, -0.05) is 13.8 Å². The Hall–Kier alpha value is -0.800. The fraction of sp³-hybridized carbons (Fsp3) is 0.714. The second-order valence-electron chi connectivity index (χ2n) is 4.90. The average Bonchev–Trinajstić information content (AvgIpc) is 2.89. The van der Waals surface area contributed by atoms with E-state index in [1.54, 1.807) is 6.26 Å². The first-order valence-corrected chi connectivity index (χ1v) is 6.83. The molecule has 2 rings (SSSR count). The van der Waals surface area contributed by atoms with Crippen molar-refractivity contribution in [2.75, 3.05) is 19.6 Å². The van der Waals surface area contributed by atoms with E-state index in [-0.39, 0.29) is 0 Å². The molecule has 1 N–H and O–H groups in total. The molecule has 2 heterocycles. The molecule has 0 radical (unpaired) electrons. The van der Waals surface area contributed by atoms with Gasteiger partial charge in [-0.25, -0.2) is 0 Å². The van der Waals surface area contributed by atoms with Crippen LogP contribution in [0.2, 0.25) is 0 Å². The summed E-state index contributed by atoms with van der Waals surface area (Å²) in [6.07, 6.45) is 5.23. The van der Waals surface area contributed by atoms with Gasteiger partial charge in [-0.05, 0) is 25.0 Å². The van der Waals surface area contributed by atoms with Crippen LogP contribution >= 0.6 is 0 Å². The first-order chi connectivity index (χ1) is 8.33. The van der Waals surface area contributed by atoms with Crippen LogP contribution in [-0.4, -0.2) is 36.6 Å². The quantitative estimate of drug-likeness (QED) is 0.850. The lowest BCUT2D eigenvalue weighted by atomic mass is 10.0. The Morgan fingerprint density at radius 2 is 2.29 bits per heavy atom. The number of nitrogens with zero attached hydrogens (tertiary/aromatic N) is 1. The molecule has 1 fully saturated rings. The maximum atomic E-state index is 5.40. The molecule has 17 heavy (non-hydrogen) atoms. The van der Waals surface area contributed by atoms with E-state index in [0.717, 1.165) is 25.3 Å². The third kappa shape index (κ3) is 3.33. The third-order valence-corrected chi connectivity index (χ3v) is 3.80. The van der Waals surface area contributed by atoms with Crippen molar-refractivity contribution >= 4 is 0 Å². The predicted octanol–water partition coefficient (Wildman–Crippen LogP) is 2.28. The lowest BCUT2D eigenvalue weighted by Gasteiger charge is -2.39. The van der Waals surface area contributed by atoms with Gasteiger partial charge in [0, 0.05) is 38.1 Å². The summed E-state index contributed by atoms with van der Waals surface area (Å²) in [6.45, 7) is 7.96. The van der Waals surface area contributed by atoms with Gasteiger partial charge in [0.05, 0.1) is 6.26 Å². The van der Waals surface area contributed by atoms with Gasteiger partial charge in [0.1, 0.15) is 5.76 Å².